The molecule has 25 heavy (non-hydrogen) atoms. The topological polar surface area (TPSA) is 58.4 Å². The van der Waals surface area contributed by atoms with E-state index in [2.05, 4.69) is 34.5 Å². The molecule has 2 aromatic rings. The first-order chi connectivity index (χ1) is 11.1. The summed E-state index contributed by atoms with van der Waals surface area (Å²) in [7, 11) is 0. The van der Waals surface area contributed by atoms with E-state index in [-0.39, 0.29) is 30.7 Å². The van der Waals surface area contributed by atoms with E-state index in [0.29, 0.717) is 17.8 Å². The standard InChI is InChI=1S/C19H23N3O.2ClH/c1-14-6-7-17(20)12-18(14)19(23)21-9-11-22-10-8-15-4-2-3-5-16(15)13-22;;/h2-7,12H,8-11,13,20H2,1H3,(H,21,23);2*1H. The number of aryl methyl sites for hydroxylation is 1. The number of hydrogen-bond donors (Lipinski definition) is 2. The second-order valence-electron chi connectivity index (χ2n) is 6.13. The van der Waals surface area contributed by atoms with Crippen molar-refractivity contribution in [3.05, 3.63) is 64.7 Å². The number of rotatable bonds is 4. The molecular formula is C19H25Cl2N3O. The Morgan fingerprint density at radius 3 is 2.64 bits per heavy atom. The monoisotopic (exact) mass is 381 g/mol. The number of nitrogens with one attached hydrogen (secondary N) is 1. The molecule has 0 saturated carbocycles. The molecule has 0 bridgehead atoms. The lowest BCUT2D eigenvalue weighted by atomic mass is 10.00. The highest BCUT2D eigenvalue weighted by Crippen LogP contribution is 2.18. The second-order valence-corrected chi connectivity index (χ2v) is 6.13. The van der Waals surface area contributed by atoms with Crippen molar-refractivity contribution in [2.24, 2.45) is 0 Å². The molecule has 0 fully saturated rings. The fourth-order valence-electron chi connectivity index (χ4n) is 3.05. The average Bonchev–Trinajstić information content (AvgIpc) is 2.57. The molecule has 4 nitrogen and oxygen atoms in total. The lowest BCUT2D eigenvalue weighted by Crippen LogP contribution is -2.38. The summed E-state index contributed by atoms with van der Waals surface area (Å²) >= 11 is 0. The van der Waals surface area contributed by atoms with Crippen LogP contribution in [0.1, 0.15) is 27.0 Å². The van der Waals surface area contributed by atoms with Crippen molar-refractivity contribution in [3.8, 4) is 0 Å². The molecular weight excluding hydrogens is 357 g/mol. The molecule has 0 aromatic heterocycles. The summed E-state index contributed by atoms with van der Waals surface area (Å²) in [5.74, 6) is -0.0489. The van der Waals surface area contributed by atoms with Crippen LogP contribution in [0.15, 0.2) is 42.5 Å². The molecule has 0 radical (unpaired) electrons. The van der Waals surface area contributed by atoms with Gasteiger partial charge in [0.05, 0.1) is 0 Å². The van der Waals surface area contributed by atoms with Crippen molar-refractivity contribution in [2.75, 3.05) is 25.4 Å². The van der Waals surface area contributed by atoms with Crippen molar-refractivity contribution >= 4 is 36.4 Å². The minimum atomic E-state index is -0.0489. The van der Waals surface area contributed by atoms with Crippen molar-refractivity contribution in [2.45, 2.75) is 19.9 Å². The minimum Gasteiger partial charge on any atom is -0.399 e. The molecule has 0 unspecified atom stereocenters. The van der Waals surface area contributed by atoms with Crippen LogP contribution < -0.4 is 11.1 Å². The Balaban J connectivity index is 0.00000156. The fraction of sp³-hybridized carbons (Fsp3) is 0.316. The van der Waals surface area contributed by atoms with Crippen molar-refractivity contribution < 1.29 is 4.79 Å². The summed E-state index contributed by atoms with van der Waals surface area (Å²) in [4.78, 5) is 14.7. The number of nitrogen functional groups attached to an aromatic ring is 1. The normalized spacial score (nSPS) is 13.2. The van der Waals surface area contributed by atoms with Gasteiger partial charge in [0.2, 0.25) is 0 Å². The van der Waals surface area contributed by atoms with Crippen molar-refractivity contribution in [1.29, 1.82) is 0 Å². The molecule has 2 aromatic carbocycles. The molecule has 136 valence electrons. The van der Waals surface area contributed by atoms with E-state index < -0.39 is 0 Å². The zero-order valence-corrected chi connectivity index (χ0v) is 16.0. The number of nitrogens with zero attached hydrogens (tertiary/aromatic N) is 1. The zero-order valence-electron chi connectivity index (χ0n) is 14.3. The summed E-state index contributed by atoms with van der Waals surface area (Å²) < 4.78 is 0. The third kappa shape index (κ3) is 5.36. The van der Waals surface area contributed by atoms with Crippen molar-refractivity contribution in [1.82, 2.24) is 10.2 Å². The lowest BCUT2D eigenvalue weighted by Gasteiger charge is -2.28. The molecule has 1 aliphatic rings. The lowest BCUT2D eigenvalue weighted by molar-refractivity contribution is 0.0946. The summed E-state index contributed by atoms with van der Waals surface area (Å²) in [5, 5.41) is 3.00. The van der Waals surface area contributed by atoms with E-state index in [4.69, 9.17) is 5.73 Å². The van der Waals surface area contributed by atoms with Gasteiger partial charge in [-0.1, -0.05) is 30.3 Å². The van der Waals surface area contributed by atoms with Gasteiger partial charge in [0.1, 0.15) is 0 Å². The van der Waals surface area contributed by atoms with Crippen LogP contribution in [0, 0.1) is 6.92 Å². The van der Waals surface area contributed by atoms with E-state index in [0.717, 1.165) is 31.6 Å². The van der Waals surface area contributed by atoms with Gasteiger partial charge in [0, 0.05) is 37.4 Å². The molecule has 0 spiro atoms. The number of halogens is 2. The number of benzene rings is 2. The van der Waals surface area contributed by atoms with E-state index in [9.17, 15) is 4.79 Å². The molecule has 0 atom stereocenters. The highest BCUT2D eigenvalue weighted by Gasteiger charge is 2.15. The summed E-state index contributed by atoms with van der Waals surface area (Å²) in [6.07, 6.45) is 1.08. The first-order valence-electron chi connectivity index (χ1n) is 8.07. The number of hydrogen-bond acceptors (Lipinski definition) is 3. The number of carbonyl (C=O) groups is 1. The van der Waals surface area contributed by atoms with Crippen LogP contribution in [0.5, 0.6) is 0 Å². The zero-order chi connectivity index (χ0) is 16.2. The summed E-state index contributed by atoms with van der Waals surface area (Å²) in [5.41, 5.74) is 10.8. The Bertz CT molecular complexity index is 722. The molecule has 6 heteroatoms. The molecule has 0 aliphatic carbocycles. The van der Waals surface area contributed by atoms with E-state index in [1.54, 1.807) is 6.07 Å². The summed E-state index contributed by atoms with van der Waals surface area (Å²) in [6, 6.07) is 14.0. The van der Waals surface area contributed by atoms with Gasteiger partial charge in [-0.3, -0.25) is 9.69 Å². The number of amides is 1. The Hall–Kier alpha value is -1.75. The molecule has 3 rings (SSSR count). The third-order valence-electron chi connectivity index (χ3n) is 4.43. The molecule has 1 aliphatic heterocycles. The van der Waals surface area contributed by atoms with Gasteiger partial charge < -0.3 is 11.1 Å². The van der Waals surface area contributed by atoms with Gasteiger partial charge in [0.15, 0.2) is 0 Å². The quantitative estimate of drug-likeness (QED) is 0.799. The van der Waals surface area contributed by atoms with Crippen LogP contribution >= 0.6 is 24.8 Å². The van der Waals surface area contributed by atoms with E-state index in [1.165, 1.54) is 11.1 Å². The van der Waals surface area contributed by atoms with Crippen LogP contribution in [-0.2, 0) is 13.0 Å². The predicted molar refractivity (Wildman–Crippen MR) is 108 cm³/mol. The Morgan fingerprint density at radius 2 is 1.88 bits per heavy atom. The van der Waals surface area contributed by atoms with Crippen LogP contribution in [0.3, 0.4) is 0 Å². The second kappa shape index (κ2) is 9.66. The van der Waals surface area contributed by atoms with Gasteiger partial charge in [-0.25, -0.2) is 0 Å². The van der Waals surface area contributed by atoms with Gasteiger partial charge in [0.25, 0.3) is 5.91 Å². The molecule has 1 amide bonds. The maximum Gasteiger partial charge on any atom is 0.251 e. The Morgan fingerprint density at radius 1 is 1.16 bits per heavy atom. The average molecular weight is 382 g/mol. The molecule has 3 N–H and O–H groups in total. The highest BCUT2D eigenvalue weighted by molar-refractivity contribution is 5.96. The van der Waals surface area contributed by atoms with E-state index in [1.807, 2.05) is 19.1 Å². The predicted octanol–water partition coefficient (Wildman–Crippen LogP) is 3.21. The van der Waals surface area contributed by atoms with Crippen molar-refractivity contribution in [3.63, 3.8) is 0 Å². The Labute approximate surface area is 161 Å². The van der Waals surface area contributed by atoms with Gasteiger partial charge in [-0.2, -0.15) is 0 Å². The van der Waals surface area contributed by atoms with Gasteiger partial charge >= 0.3 is 0 Å². The smallest absolute Gasteiger partial charge is 0.251 e. The maximum atomic E-state index is 12.3. The van der Waals surface area contributed by atoms with Gasteiger partial charge in [-0.05, 0) is 42.2 Å². The van der Waals surface area contributed by atoms with Gasteiger partial charge in [-0.15, -0.1) is 24.8 Å². The van der Waals surface area contributed by atoms with Crippen LogP contribution in [0.2, 0.25) is 0 Å². The largest absolute Gasteiger partial charge is 0.399 e. The highest BCUT2D eigenvalue weighted by atomic mass is 35.5. The molecule has 0 saturated heterocycles. The molecule has 1 heterocycles. The number of fused-ring (bicyclic) bond motifs is 1. The number of nitrogens with two attached hydrogens (primary N) is 1. The number of anilines is 1. The third-order valence-corrected chi connectivity index (χ3v) is 4.43. The van der Waals surface area contributed by atoms with Crippen LogP contribution in [0.25, 0.3) is 0 Å². The van der Waals surface area contributed by atoms with E-state index >= 15 is 0 Å². The fourth-order valence-corrected chi connectivity index (χ4v) is 3.05. The number of carbonyl (C=O) groups excluding carboxylic acids is 1. The first-order valence-corrected chi connectivity index (χ1v) is 8.07. The minimum absolute atomic E-state index is 0. The first kappa shape index (κ1) is 21.3. The van der Waals surface area contributed by atoms with Crippen LogP contribution in [-0.4, -0.2) is 30.4 Å². The van der Waals surface area contributed by atoms with Crippen LogP contribution in [0.4, 0.5) is 5.69 Å². The maximum absolute atomic E-state index is 12.3. The Kier molecular flexibility index (Phi) is 8.23. The summed E-state index contributed by atoms with van der Waals surface area (Å²) in [6.45, 7) is 5.44. The SMILES string of the molecule is Cc1ccc(N)cc1C(=O)NCCN1CCc2ccccc2C1.Cl.Cl.